The van der Waals surface area contributed by atoms with Gasteiger partial charge >= 0.3 is 0 Å². The molecule has 0 saturated carbocycles. The molecule has 4 heteroatoms. The Balaban J connectivity index is 5.00. The van der Waals surface area contributed by atoms with E-state index in [4.69, 9.17) is 4.43 Å². The third-order valence-electron chi connectivity index (χ3n) is 6.72. The molecule has 0 aromatic carbocycles. The molecule has 0 aliphatic heterocycles. The zero-order valence-electron chi connectivity index (χ0n) is 19.9. The highest BCUT2D eigenvalue weighted by Crippen LogP contribution is 2.39. The third-order valence-corrected chi connectivity index (χ3v) is 11.2. The van der Waals surface area contributed by atoms with Crippen molar-refractivity contribution in [2.45, 2.75) is 112 Å². The van der Waals surface area contributed by atoms with E-state index in [0.717, 1.165) is 12.8 Å². The van der Waals surface area contributed by atoms with Crippen LogP contribution < -0.4 is 0 Å². The van der Waals surface area contributed by atoms with Gasteiger partial charge < -0.3 is 14.6 Å². The van der Waals surface area contributed by atoms with E-state index >= 15 is 0 Å². The van der Waals surface area contributed by atoms with Gasteiger partial charge in [-0.25, -0.2) is 0 Å². The molecule has 0 fully saturated rings. The summed E-state index contributed by atoms with van der Waals surface area (Å²) in [7, 11) is -1.87. The van der Waals surface area contributed by atoms with Crippen LogP contribution in [-0.2, 0) is 4.43 Å². The summed E-state index contributed by atoms with van der Waals surface area (Å²) >= 11 is 0. The first-order valence-corrected chi connectivity index (χ1v) is 13.8. The van der Waals surface area contributed by atoms with Crippen LogP contribution in [0.5, 0.6) is 0 Å². The summed E-state index contributed by atoms with van der Waals surface area (Å²) in [6.45, 7) is 23.8. The summed E-state index contributed by atoms with van der Waals surface area (Å²) in [4.78, 5) is 0. The molecule has 0 aromatic rings. The molecule has 27 heavy (non-hydrogen) atoms. The summed E-state index contributed by atoms with van der Waals surface area (Å²) in [5, 5.41) is 21.7. The second-order valence-corrected chi connectivity index (χ2v) is 15.0. The molecule has 162 valence electrons. The number of allylic oxidation sites excluding steroid dienone is 1. The molecule has 0 aliphatic carbocycles. The fourth-order valence-corrected chi connectivity index (χ4v) is 5.15. The molecule has 2 N–H and O–H groups in total. The number of hydrogen-bond donors (Lipinski definition) is 2. The molecule has 3 nitrogen and oxygen atoms in total. The van der Waals surface area contributed by atoms with E-state index in [1.807, 2.05) is 26.0 Å². The van der Waals surface area contributed by atoms with Gasteiger partial charge in [0.05, 0.1) is 12.2 Å². The Labute approximate surface area is 170 Å². The van der Waals surface area contributed by atoms with Crippen molar-refractivity contribution in [3.8, 4) is 0 Å². The Morgan fingerprint density at radius 1 is 0.963 bits per heavy atom. The number of rotatable bonds is 11. The van der Waals surface area contributed by atoms with Gasteiger partial charge in [0.1, 0.15) is 0 Å². The molecule has 0 radical (unpaired) electrons. The first kappa shape index (κ1) is 26.8. The van der Waals surface area contributed by atoms with Crippen molar-refractivity contribution in [3.05, 3.63) is 12.2 Å². The zero-order valence-corrected chi connectivity index (χ0v) is 20.9. The van der Waals surface area contributed by atoms with Crippen molar-refractivity contribution >= 4 is 8.32 Å². The van der Waals surface area contributed by atoms with Crippen LogP contribution in [0.1, 0.15) is 75.2 Å². The van der Waals surface area contributed by atoms with Crippen LogP contribution >= 0.6 is 0 Å². The zero-order chi connectivity index (χ0) is 21.6. The van der Waals surface area contributed by atoms with Crippen LogP contribution in [-0.4, -0.2) is 36.8 Å². The molecule has 0 aliphatic rings. The highest BCUT2D eigenvalue weighted by Gasteiger charge is 2.41. The Kier molecular flexibility index (Phi) is 11.1. The second kappa shape index (κ2) is 11.1. The topological polar surface area (TPSA) is 49.7 Å². The van der Waals surface area contributed by atoms with E-state index in [-0.39, 0.29) is 40.9 Å². The van der Waals surface area contributed by atoms with Crippen molar-refractivity contribution in [2.24, 2.45) is 23.7 Å². The summed E-state index contributed by atoms with van der Waals surface area (Å²) < 4.78 is 6.63. The fourth-order valence-electron chi connectivity index (χ4n) is 3.66. The number of aliphatic hydroxyl groups excluding tert-OH is 2. The highest BCUT2D eigenvalue weighted by molar-refractivity contribution is 6.74. The lowest BCUT2D eigenvalue weighted by Gasteiger charge is -2.42. The van der Waals surface area contributed by atoms with E-state index < -0.39 is 14.4 Å². The van der Waals surface area contributed by atoms with Crippen LogP contribution in [0.2, 0.25) is 18.1 Å². The van der Waals surface area contributed by atoms with Gasteiger partial charge in [0.15, 0.2) is 8.32 Å². The Bertz CT molecular complexity index is 441. The molecule has 0 aromatic heterocycles. The SMILES string of the molecule is C/C=C/[C@@H](C)[C@H](O)[C@H](C)C[C@@H](C)[C@H](O)[C@H](C)[C@H](CC)O[Si](C)(C)C(C)(C)C. The van der Waals surface area contributed by atoms with Gasteiger partial charge in [-0.2, -0.15) is 0 Å². The minimum atomic E-state index is -1.87. The van der Waals surface area contributed by atoms with Crippen LogP contribution in [0.4, 0.5) is 0 Å². The maximum atomic E-state index is 11.0. The molecule has 0 rings (SSSR count). The average molecular weight is 401 g/mol. The minimum absolute atomic E-state index is 0.0746. The lowest BCUT2D eigenvalue weighted by atomic mass is 9.80. The summed E-state index contributed by atoms with van der Waals surface area (Å²) in [6, 6.07) is 0. The third kappa shape index (κ3) is 8.00. The Hall–Kier alpha value is -0.163. The quantitative estimate of drug-likeness (QED) is 0.329. The average Bonchev–Trinajstić information content (AvgIpc) is 2.56. The van der Waals surface area contributed by atoms with Gasteiger partial charge in [-0.1, -0.05) is 67.5 Å². The van der Waals surface area contributed by atoms with Gasteiger partial charge in [-0.05, 0) is 49.7 Å². The largest absolute Gasteiger partial charge is 0.414 e. The first-order chi connectivity index (χ1) is 12.2. The number of aliphatic hydroxyl groups is 2. The van der Waals surface area contributed by atoms with Gasteiger partial charge in [-0.3, -0.25) is 0 Å². The summed E-state index contributed by atoms with van der Waals surface area (Å²) in [5.41, 5.74) is 0. The van der Waals surface area contributed by atoms with E-state index in [1.54, 1.807) is 0 Å². The maximum Gasteiger partial charge on any atom is 0.192 e. The molecule has 0 bridgehead atoms. The number of hydrogen-bond acceptors (Lipinski definition) is 3. The molecule has 7 atom stereocenters. The first-order valence-electron chi connectivity index (χ1n) is 10.9. The van der Waals surface area contributed by atoms with E-state index in [0.29, 0.717) is 0 Å². The van der Waals surface area contributed by atoms with E-state index in [2.05, 4.69) is 61.6 Å². The highest BCUT2D eigenvalue weighted by atomic mass is 28.4. The van der Waals surface area contributed by atoms with E-state index in [1.165, 1.54) is 0 Å². The standard InChI is InChI=1S/C23H48O3Si/c1-12-14-16(3)21(24)17(4)15-18(5)22(25)19(6)20(13-2)26-27(10,11)23(7,8)9/h12,14,16-22,24-25H,13,15H2,1-11H3/b14-12+/t16-,17-,18-,19-,20+,21+,22+/m1/s1. The van der Waals surface area contributed by atoms with Crippen LogP contribution in [0, 0.1) is 23.7 Å². The molecule has 0 heterocycles. The maximum absolute atomic E-state index is 11.0. The monoisotopic (exact) mass is 400 g/mol. The lowest BCUT2D eigenvalue weighted by molar-refractivity contribution is -0.0164. The smallest absolute Gasteiger partial charge is 0.192 e. The summed E-state index contributed by atoms with van der Waals surface area (Å²) in [6.07, 6.45) is 5.03. The molecule has 0 amide bonds. The van der Waals surface area contributed by atoms with Gasteiger partial charge in [-0.15, -0.1) is 0 Å². The van der Waals surface area contributed by atoms with Crippen molar-refractivity contribution in [1.82, 2.24) is 0 Å². The van der Waals surface area contributed by atoms with Crippen molar-refractivity contribution in [1.29, 1.82) is 0 Å². The van der Waals surface area contributed by atoms with Gasteiger partial charge in [0.2, 0.25) is 0 Å². The fraction of sp³-hybridized carbons (Fsp3) is 0.913. The van der Waals surface area contributed by atoms with Crippen LogP contribution in [0.15, 0.2) is 12.2 Å². The van der Waals surface area contributed by atoms with Crippen LogP contribution in [0.3, 0.4) is 0 Å². The summed E-state index contributed by atoms with van der Waals surface area (Å²) in [5.74, 6) is 0.488. The van der Waals surface area contributed by atoms with Crippen molar-refractivity contribution in [3.63, 3.8) is 0 Å². The van der Waals surface area contributed by atoms with Crippen molar-refractivity contribution < 1.29 is 14.6 Å². The molecule has 0 saturated heterocycles. The van der Waals surface area contributed by atoms with Crippen LogP contribution in [0.25, 0.3) is 0 Å². The van der Waals surface area contributed by atoms with Gasteiger partial charge in [0, 0.05) is 17.9 Å². The predicted octanol–water partition coefficient (Wildman–Crippen LogP) is 6.02. The second-order valence-electron chi connectivity index (χ2n) is 10.2. The Morgan fingerprint density at radius 2 is 1.44 bits per heavy atom. The van der Waals surface area contributed by atoms with Crippen molar-refractivity contribution in [2.75, 3.05) is 0 Å². The Morgan fingerprint density at radius 3 is 1.85 bits per heavy atom. The molecule has 0 spiro atoms. The molecular formula is C23H48O3Si. The minimum Gasteiger partial charge on any atom is -0.414 e. The lowest BCUT2D eigenvalue weighted by Crippen LogP contribution is -2.47. The molecule has 0 unspecified atom stereocenters. The molecular weight excluding hydrogens is 352 g/mol. The van der Waals surface area contributed by atoms with Gasteiger partial charge in [0.25, 0.3) is 0 Å². The van der Waals surface area contributed by atoms with E-state index in [9.17, 15) is 10.2 Å². The predicted molar refractivity (Wildman–Crippen MR) is 120 cm³/mol. The normalized spacial score (nSPS) is 21.5.